The summed E-state index contributed by atoms with van der Waals surface area (Å²) in [7, 11) is 0. The van der Waals surface area contributed by atoms with E-state index in [-0.39, 0.29) is 12.3 Å². The van der Waals surface area contributed by atoms with Crippen LogP contribution in [0.1, 0.15) is 36.9 Å². The van der Waals surface area contributed by atoms with Crippen LogP contribution in [0.4, 0.5) is 8.78 Å². The lowest BCUT2D eigenvalue weighted by Gasteiger charge is -2.05. The van der Waals surface area contributed by atoms with E-state index in [1.807, 2.05) is 13.8 Å². The Morgan fingerprint density at radius 2 is 2.14 bits per heavy atom. The summed E-state index contributed by atoms with van der Waals surface area (Å²) in [6, 6.07) is 0. The minimum atomic E-state index is -2.77. The van der Waals surface area contributed by atoms with Gasteiger partial charge in [-0.25, -0.2) is 13.8 Å². The van der Waals surface area contributed by atoms with Gasteiger partial charge in [-0.1, -0.05) is 13.8 Å². The molecule has 0 saturated heterocycles. The van der Waals surface area contributed by atoms with Crippen molar-refractivity contribution in [3.8, 4) is 0 Å². The highest BCUT2D eigenvalue weighted by Gasteiger charge is 2.71. The average molecular weight is 218 g/mol. The fourth-order valence-electron chi connectivity index (χ4n) is 1.34. The molecular weight excluding hydrogens is 206 g/mol. The first-order chi connectivity index (χ1) is 6.37. The Morgan fingerprint density at radius 1 is 1.57 bits per heavy atom. The largest absolute Gasteiger partial charge is 0.315 e. The van der Waals surface area contributed by atoms with Gasteiger partial charge in [-0.05, 0) is 0 Å². The fraction of sp³-hybridized carbons (Fsp3) is 0.667. The van der Waals surface area contributed by atoms with Crippen molar-refractivity contribution < 1.29 is 8.78 Å². The molecule has 0 radical (unpaired) electrons. The van der Waals surface area contributed by atoms with Crippen LogP contribution < -0.4 is 5.73 Å². The molecule has 2 nitrogen and oxygen atoms in total. The van der Waals surface area contributed by atoms with Gasteiger partial charge in [-0.2, -0.15) is 0 Å². The summed E-state index contributed by atoms with van der Waals surface area (Å²) >= 11 is 1.40. The fourth-order valence-corrected chi connectivity index (χ4v) is 2.26. The lowest BCUT2D eigenvalue weighted by atomic mass is 10.2. The first-order valence-electron chi connectivity index (χ1n) is 4.49. The first kappa shape index (κ1) is 9.98. The van der Waals surface area contributed by atoms with Crippen LogP contribution in [0.2, 0.25) is 0 Å². The van der Waals surface area contributed by atoms with E-state index in [1.54, 1.807) is 5.38 Å². The average Bonchev–Trinajstić information content (AvgIpc) is 2.53. The molecule has 1 unspecified atom stereocenters. The van der Waals surface area contributed by atoms with E-state index in [4.69, 9.17) is 5.73 Å². The first-order valence-corrected chi connectivity index (χ1v) is 5.37. The number of thiazole rings is 1. The van der Waals surface area contributed by atoms with E-state index >= 15 is 0 Å². The van der Waals surface area contributed by atoms with Crippen molar-refractivity contribution in [3.05, 3.63) is 16.1 Å². The molecule has 1 saturated carbocycles. The highest BCUT2D eigenvalue weighted by Crippen LogP contribution is 2.57. The Hall–Kier alpha value is -0.550. The number of nitrogens with two attached hydrogens (primary N) is 1. The van der Waals surface area contributed by atoms with Gasteiger partial charge in [0.2, 0.25) is 0 Å². The van der Waals surface area contributed by atoms with Gasteiger partial charge in [0, 0.05) is 17.7 Å². The van der Waals surface area contributed by atoms with Gasteiger partial charge in [-0.3, -0.25) is 0 Å². The molecule has 78 valence electrons. The number of nitrogens with zero attached hydrogens (tertiary/aromatic N) is 1. The lowest BCUT2D eigenvalue weighted by molar-refractivity contribution is 0.0882. The summed E-state index contributed by atoms with van der Waals surface area (Å²) in [5.41, 5.74) is 4.41. The maximum atomic E-state index is 12.9. The zero-order valence-electron chi connectivity index (χ0n) is 8.05. The third-order valence-electron chi connectivity index (χ3n) is 2.50. The van der Waals surface area contributed by atoms with Crippen LogP contribution in [0.25, 0.3) is 0 Å². The highest BCUT2D eigenvalue weighted by molar-refractivity contribution is 7.09. The minimum Gasteiger partial charge on any atom is -0.315 e. The molecule has 2 N–H and O–H groups in total. The molecule has 1 aromatic heterocycles. The quantitative estimate of drug-likeness (QED) is 0.828. The Bertz CT molecular complexity index is 361. The van der Waals surface area contributed by atoms with E-state index in [0.29, 0.717) is 5.69 Å². The zero-order chi connectivity index (χ0) is 10.6. The van der Waals surface area contributed by atoms with Gasteiger partial charge < -0.3 is 5.73 Å². The van der Waals surface area contributed by atoms with Crippen LogP contribution in [0.3, 0.4) is 0 Å². The second-order valence-corrected chi connectivity index (χ2v) is 4.97. The Kier molecular flexibility index (Phi) is 1.95. The molecule has 1 heterocycles. The molecule has 0 aliphatic heterocycles. The third-order valence-corrected chi connectivity index (χ3v) is 3.65. The summed E-state index contributed by atoms with van der Waals surface area (Å²) in [5.74, 6) is -2.50. The van der Waals surface area contributed by atoms with Crippen LogP contribution >= 0.6 is 11.3 Å². The summed E-state index contributed by atoms with van der Waals surface area (Å²) in [6.45, 7) is 3.97. The van der Waals surface area contributed by atoms with Gasteiger partial charge in [0.05, 0.1) is 10.7 Å². The number of aromatic nitrogens is 1. The number of hydrogen-bond acceptors (Lipinski definition) is 3. The van der Waals surface area contributed by atoms with Crippen molar-refractivity contribution >= 4 is 11.3 Å². The molecule has 5 heteroatoms. The Labute approximate surface area is 85.1 Å². The molecular formula is C9H12F2N2S. The van der Waals surface area contributed by atoms with E-state index < -0.39 is 11.5 Å². The smallest absolute Gasteiger partial charge is 0.273 e. The number of alkyl halides is 2. The molecule has 1 aliphatic rings. The van der Waals surface area contributed by atoms with Crippen LogP contribution in [-0.2, 0) is 5.54 Å². The molecule has 1 fully saturated rings. The zero-order valence-corrected chi connectivity index (χ0v) is 8.87. The number of rotatable bonds is 2. The maximum Gasteiger partial charge on any atom is 0.273 e. The summed E-state index contributed by atoms with van der Waals surface area (Å²) in [6.07, 6.45) is -0.277. The van der Waals surface area contributed by atoms with Gasteiger partial charge in [0.1, 0.15) is 5.54 Å². The van der Waals surface area contributed by atoms with Crippen molar-refractivity contribution in [2.45, 2.75) is 37.6 Å². The third kappa shape index (κ3) is 1.26. The Morgan fingerprint density at radius 3 is 2.50 bits per heavy atom. The van der Waals surface area contributed by atoms with Crippen LogP contribution in [-0.4, -0.2) is 10.9 Å². The molecule has 0 amide bonds. The molecule has 0 aromatic carbocycles. The van der Waals surface area contributed by atoms with Crippen molar-refractivity contribution in [2.24, 2.45) is 5.73 Å². The summed E-state index contributed by atoms with van der Waals surface area (Å²) in [5, 5.41) is 2.52. The summed E-state index contributed by atoms with van der Waals surface area (Å²) < 4.78 is 25.8. The van der Waals surface area contributed by atoms with Crippen molar-refractivity contribution in [1.82, 2.24) is 4.98 Å². The normalized spacial score (nSPS) is 29.6. The van der Waals surface area contributed by atoms with Crippen molar-refractivity contribution in [2.75, 3.05) is 0 Å². The molecule has 0 spiro atoms. The van der Waals surface area contributed by atoms with Gasteiger partial charge in [-0.15, -0.1) is 11.3 Å². The second-order valence-electron chi connectivity index (χ2n) is 4.08. The predicted octanol–water partition coefficient (Wildman–Crippen LogP) is 2.46. The van der Waals surface area contributed by atoms with E-state index in [2.05, 4.69) is 4.98 Å². The van der Waals surface area contributed by atoms with E-state index in [0.717, 1.165) is 5.01 Å². The maximum absolute atomic E-state index is 12.9. The molecule has 1 aliphatic carbocycles. The lowest BCUT2D eigenvalue weighted by Crippen LogP contribution is -2.27. The minimum absolute atomic E-state index is 0.268. The Balaban J connectivity index is 2.27. The molecule has 1 aromatic rings. The van der Waals surface area contributed by atoms with Crippen LogP contribution in [0.15, 0.2) is 5.38 Å². The van der Waals surface area contributed by atoms with E-state index in [9.17, 15) is 8.78 Å². The SMILES string of the molecule is CC(C)c1nc(C2(N)CC2(F)F)cs1. The number of halogens is 2. The van der Waals surface area contributed by atoms with E-state index in [1.165, 1.54) is 11.3 Å². The molecule has 14 heavy (non-hydrogen) atoms. The predicted molar refractivity (Wildman–Crippen MR) is 51.6 cm³/mol. The monoisotopic (exact) mass is 218 g/mol. The van der Waals surface area contributed by atoms with Crippen LogP contribution in [0, 0.1) is 0 Å². The topological polar surface area (TPSA) is 38.9 Å². The summed E-state index contributed by atoms with van der Waals surface area (Å²) in [4.78, 5) is 4.15. The van der Waals surface area contributed by atoms with Crippen molar-refractivity contribution in [3.63, 3.8) is 0 Å². The number of hydrogen-bond donors (Lipinski definition) is 1. The van der Waals surface area contributed by atoms with Crippen LogP contribution in [0.5, 0.6) is 0 Å². The van der Waals surface area contributed by atoms with Gasteiger partial charge >= 0.3 is 0 Å². The van der Waals surface area contributed by atoms with Crippen molar-refractivity contribution in [1.29, 1.82) is 0 Å². The van der Waals surface area contributed by atoms with Gasteiger partial charge in [0.25, 0.3) is 5.92 Å². The second kappa shape index (κ2) is 2.73. The molecule has 1 atom stereocenters. The van der Waals surface area contributed by atoms with Gasteiger partial charge in [0.15, 0.2) is 0 Å². The highest BCUT2D eigenvalue weighted by atomic mass is 32.1. The molecule has 0 bridgehead atoms. The molecule has 2 rings (SSSR count). The standard InChI is InChI=1S/C9H12F2N2S/c1-5(2)7-13-6(3-14-7)8(12)4-9(8,10)11/h3,5H,4,12H2,1-2H3.